The minimum absolute atomic E-state index is 0.0715. The summed E-state index contributed by atoms with van der Waals surface area (Å²) in [6.45, 7) is 0.215. The highest BCUT2D eigenvalue weighted by Crippen LogP contribution is 2.36. The van der Waals surface area contributed by atoms with Gasteiger partial charge in [-0.1, -0.05) is 24.3 Å². The number of nitrogens with zero attached hydrogens (tertiary/aromatic N) is 2. The molecule has 0 fully saturated rings. The lowest BCUT2D eigenvalue weighted by Gasteiger charge is -2.18. The summed E-state index contributed by atoms with van der Waals surface area (Å²) >= 11 is 0. The van der Waals surface area contributed by atoms with E-state index in [-0.39, 0.29) is 23.9 Å². The molecule has 2 amide bonds. The van der Waals surface area contributed by atoms with Crippen molar-refractivity contribution in [2.24, 2.45) is 0 Å². The monoisotopic (exact) mass is 401 g/mol. The highest BCUT2D eigenvalue weighted by atomic mass is 19.4. The smallest absolute Gasteiger partial charge is 0.416 e. The van der Waals surface area contributed by atoms with Crippen molar-refractivity contribution in [1.82, 2.24) is 9.88 Å². The van der Waals surface area contributed by atoms with Gasteiger partial charge in [-0.3, -0.25) is 5.32 Å². The lowest BCUT2D eigenvalue weighted by Crippen LogP contribution is -2.31. The average Bonchev–Trinajstić information content (AvgIpc) is 2.68. The van der Waals surface area contributed by atoms with Gasteiger partial charge in [-0.05, 0) is 47.5 Å². The maximum Gasteiger partial charge on any atom is 0.416 e. The molecule has 0 aliphatic carbocycles. The molecule has 3 rings (SSSR count). The molecule has 1 aromatic heterocycles. The van der Waals surface area contributed by atoms with E-state index in [1.54, 1.807) is 55.7 Å². The minimum Gasteiger partial charge on any atom is -0.507 e. The molecule has 8 heteroatoms. The van der Waals surface area contributed by atoms with Crippen LogP contribution in [0.4, 0.5) is 23.8 Å². The van der Waals surface area contributed by atoms with E-state index in [1.165, 1.54) is 4.90 Å². The Hall–Kier alpha value is -3.55. The Morgan fingerprint density at radius 2 is 1.90 bits per heavy atom. The largest absolute Gasteiger partial charge is 0.507 e. The van der Waals surface area contributed by atoms with Gasteiger partial charge in [0, 0.05) is 25.4 Å². The van der Waals surface area contributed by atoms with Crippen LogP contribution in [0.15, 0.2) is 66.9 Å². The fourth-order valence-electron chi connectivity index (χ4n) is 2.77. The number of urea groups is 1. The van der Waals surface area contributed by atoms with Crippen molar-refractivity contribution in [2.45, 2.75) is 12.7 Å². The van der Waals surface area contributed by atoms with Gasteiger partial charge in [-0.2, -0.15) is 13.2 Å². The predicted molar refractivity (Wildman–Crippen MR) is 103 cm³/mol. The molecule has 5 nitrogen and oxygen atoms in total. The molecule has 0 saturated carbocycles. The molecule has 1 heterocycles. The van der Waals surface area contributed by atoms with E-state index in [2.05, 4.69) is 10.3 Å². The van der Waals surface area contributed by atoms with Crippen LogP contribution in [0.2, 0.25) is 0 Å². The number of aromatic hydroxyl groups is 1. The number of halogens is 3. The standard InChI is InChI=1S/C21H18F3N3O2/c1-27(20(29)26-19-7-2-3-10-25-19)13-14-5-4-6-15(11-14)17-12-16(21(22,23)24)8-9-18(17)28/h2-12,28H,13H2,1H3,(H,25,26,29). The van der Waals surface area contributed by atoms with Gasteiger partial charge in [-0.25, -0.2) is 9.78 Å². The number of pyridine rings is 1. The zero-order chi connectivity index (χ0) is 21.0. The van der Waals surface area contributed by atoms with E-state index in [0.29, 0.717) is 16.9 Å². The molecule has 150 valence electrons. The van der Waals surface area contributed by atoms with Gasteiger partial charge in [0.15, 0.2) is 0 Å². The average molecular weight is 401 g/mol. The van der Waals surface area contributed by atoms with E-state index in [0.717, 1.165) is 18.2 Å². The van der Waals surface area contributed by atoms with E-state index in [1.807, 2.05) is 0 Å². The Kier molecular flexibility index (Phi) is 5.72. The van der Waals surface area contributed by atoms with Crippen molar-refractivity contribution in [3.63, 3.8) is 0 Å². The number of amides is 2. The van der Waals surface area contributed by atoms with Crippen molar-refractivity contribution in [1.29, 1.82) is 0 Å². The summed E-state index contributed by atoms with van der Waals surface area (Å²) in [5.74, 6) is 0.156. The third-order valence-electron chi connectivity index (χ3n) is 4.23. The van der Waals surface area contributed by atoms with Gasteiger partial charge < -0.3 is 10.0 Å². The van der Waals surface area contributed by atoms with E-state index in [4.69, 9.17) is 0 Å². The van der Waals surface area contributed by atoms with Gasteiger partial charge >= 0.3 is 12.2 Å². The molecule has 2 N–H and O–H groups in total. The molecule has 0 aliphatic heterocycles. The number of aromatic nitrogens is 1. The first-order valence-corrected chi connectivity index (χ1v) is 8.67. The summed E-state index contributed by atoms with van der Waals surface area (Å²) in [6.07, 6.45) is -2.95. The van der Waals surface area contributed by atoms with Crippen LogP contribution in [0.1, 0.15) is 11.1 Å². The zero-order valence-electron chi connectivity index (χ0n) is 15.4. The Bertz CT molecular complexity index is 1010. The van der Waals surface area contributed by atoms with E-state index < -0.39 is 11.7 Å². The number of benzene rings is 2. The molecule has 0 spiro atoms. The fourth-order valence-corrected chi connectivity index (χ4v) is 2.77. The van der Waals surface area contributed by atoms with Crippen molar-refractivity contribution in [3.8, 4) is 16.9 Å². The first-order chi connectivity index (χ1) is 13.7. The molecule has 0 radical (unpaired) electrons. The van der Waals surface area contributed by atoms with Crippen molar-refractivity contribution < 1.29 is 23.1 Å². The SMILES string of the molecule is CN(Cc1cccc(-c2cc(C(F)(F)F)ccc2O)c1)C(=O)Nc1ccccn1. The number of hydrogen-bond acceptors (Lipinski definition) is 3. The van der Waals surface area contributed by atoms with Crippen molar-refractivity contribution in [3.05, 3.63) is 78.0 Å². The number of carbonyl (C=O) groups is 1. The van der Waals surface area contributed by atoms with Crippen LogP contribution in [0.3, 0.4) is 0 Å². The minimum atomic E-state index is -4.51. The number of phenols is 1. The Labute approximate surface area is 165 Å². The molecule has 0 saturated heterocycles. The number of nitrogens with one attached hydrogen (secondary N) is 1. The van der Waals surface area contributed by atoms with Crippen LogP contribution in [0.5, 0.6) is 5.75 Å². The van der Waals surface area contributed by atoms with Gasteiger partial charge in [0.1, 0.15) is 11.6 Å². The first kappa shape index (κ1) is 20.2. The second kappa shape index (κ2) is 8.22. The second-order valence-electron chi connectivity index (χ2n) is 6.43. The van der Waals surface area contributed by atoms with Gasteiger partial charge in [0.2, 0.25) is 0 Å². The summed E-state index contributed by atoms with van der Waals surface area (Å²) in [4.78, 5) is 17.7. The molecular weight excluding hydrogens is 383 g/mol. The Morgan fingerprint density at radius 1 is 1.10 bits per heavy atom. The molecular formula is C21H18F3N3O2. The second-order valence-corrected chi connectivity index (χ2v) is 6.43. The van der Waals surface area contributed by atoms with Crippen LogP contribution in [0.25, 0.3) is 11.1 Å². The topological polar surface area (TPSA) is 65.5 Å². The fraction of sp³-hybridized carbons (Fsp3) is 0.143. The molecule has 0 unspecified atom stereocenters. The van der Waals surface area contributed by atoms with Crippen LogP contribution in [-0.2, 0) is 12.7 Å². The van der Waals surface area contributed by atoms with E-state index >= 15 is 0 Å². The van der Waals surface area contributed by atoms with Gasteiger partial charge in [0.05, 0.1) is 5.56 Å². The number of anilines is 1. The number of phenolic OH excluding ortho intramolecular Hbond substituents is 1. The molecule has 0 bridgehead atoms. The quantitative estimate of drug-likeness (QED) is 0.636. The predicted octanol–water partition coefficient (Wildman–Crippen LogP) is 5.14. The zero-order valence-corrected chi connectivity index (χ0v) is 15.4. The summed E-state index contributed by atoms with van der Waals surface area (Å²) in [6, 6.07) is 14.2. The molecule has 2 aromatic carbocycles. The highest BCUT2D eigenvalue weighted by molar-refractivity contribution is 5.88. The van der Waals surface area contributed by atoms with E-state index in [9.17, 15) is 23.1 Å². The first-order valence-electron chi connectivity index (χ1n) is 8.67. The lowest BCUT2D eigenvalue weighted by atomic mass is 9.99. The number of carbonyl (C=O) groups excluding carboxylic acids is 1. The highest BCUT2D eigenvalue weighted by Gasteiger charge is 2.31. The lowest BCUT2D eigenvalue weighted by molar-refractivity contribution is -0.137. The van der Waals surface area contributed by atoms with Crippen LogP contribution >= 0.6 is 0 Å². The van der Waals surface area contributed by atoms with Gasteiger partial charge in [-0.15, -0.1) is 0 Å². The Balaban J connectivity index is 1.79. The normalized spacial score (nSPS) is 11.2. The third kappa shape index (κ3) is 5.04. The summed E-state index contributed by atoms with van der Waals surface area (Å²) in [5.41, 5.74) is 0.340. The maximum atomic E-state index is 13.0. The van der Waals surface area contributed by atoms with Crippen LogP contribution in [0, 0.1) is 0 Å². The number of alkyl halides is 3. The van der Waals surface area contributed by atoms with Gasteiger partial charge in [0.25, 0.3) is 0 Å². The van der Waals surface area contributed by atoms with Crippen LogP contribution < -0.4 is 5.32 Å². The molecule has 0 aliphatic rings. The number of rotatable bonds is 4. The Morgan fingerprint density at radius 3 is 2.59 bits per heavy atom. The third-order valence-corrected chi connectivity index (χ3v) is 4.23. The number of hydrogen-bond donors (Lipinski definition) is 2. The van der Waals surface area contributed by atoms with Crippen molar-refractivity contribution >= 4 is 11.8 Å². The van der Waals surface area contributed by atoms with Crippen LogP contribution in [-0.4, -0.2) is 28.1 Å². The molecule has 0 atom stereocenters. The summed E-state index contributed by atoms with van der Waals surface area (Å²) in [7, 11) is 1.59. The maximum absolute atomic E-state index is 13.0. The molecule has 3 aromatic rings. The molecule has 29 heavy (non-hydrogen) atoms. The van der Waals surface area contributed by atoms with Crippen molar-refractivity contribution in [2.75, 3.05) is 12.4 Å². The summed E-state index contributed by atoms with van der Waals surface area (Å²) in [5, 5.41) is 12.7. The summed E-state index contributed by atoms with van der Waals surface area (Å²) < 4.78 is 39.0.